The zero-order valence-corrected chi connectivity index (χ0v) is 11.5. The molecule has 1 aliphatic carbocycles. The lowest BCUT2D eigenvalue weighted by Crippen LogP contribution is -2.30. The highest BCUT2D eigenvalue weighted by Crippen LogP contribution is 2.39. The van der Waals surface area contributed by atoms with Gasteiger partial charge in [-0.3, -0.25) is 0 Å². The molecule has 2 heteroatoms. The van der Waals surface area contributed by atoms with E-state index in [4.69, 9.17) is 5.73 Å². The highest BCUT2D eigenvalue weighted by atomic mass is 19.1. The van der Waals surface area contributed by atoms with Gasteiger partial charge in [-0.25, -0.2) is 4.39 Å². The second-order valence-electron chi connectivity index (χ2n) is 5.65. The third-order valence-corrected chi connectivity index (χ3v) is 4.53. The van der Waals surface area contributed by atoms with Gasteiger partial charge in [0.05, 0.1) is 0 Å². The van der Waals surface area contributed by atoms with Crippen LogP contribution < -0.4 is 5.73 Å². The number of aryl methyl sites for hydroxylation is 1. The molecule has 3 atom stereocenters. The van der Waals surface area contributed by atoms with E-state index < -0.39 is 0 Å². The molecule has 0 aliphatic heterocycles. The maximum Gasteiger partial charge on any atom is 0.126 e. The molecule has 0 amide bonds. The summed E-state index contributed by atoms with van der Waals surface area (Å²) < 4.78 is 13.6. The second kappa shape index (κ2) is 5.83. The summed E-state index contributed by atoms with van der Waals surface area (Å²) in [5.74, 6) is 1.09. The molecule has 0 heterocycles. The van der Waals surface area contributed by atoms with Crippen molar-refractivity contribution < 1.29 is 4.39 Å². The van der Waals surface area contributed by atoms with Crippen molar-refractivity contribution in [3.63, 3.8) is 0 Å². The normalized spacial score (nSPS) is 26.0. The van der Waals surface area contributed by atoms with Crippen LogP contribution in [0.5, 0.6) is 0 Å². The van der Waals surface area contributed by atoms with E-state index in [1.807, 2.05) is 12.1 Å². The molecular formula is C16H24FN. The Morgan fingerprint density at radius 1 is 1.33 bits per heavy atom. The summed E-state index contributed by atoms with van der Waals surface area (Å²) in [4.78, 5) is 0. The van der Waals surface area contributed by atoms with Gasteiger partial charge in [0, 0.05) is 6.04 Å². The van der Waals surface area contributed by atoms with Crippen molar-refractivity contribution in [2.45, 2.75) is 52.0 Å². The van der Waals surface area contributed by atoms with Crippen LogP contribution in [-0.2, 0) is 0 Å². The van der Waals surface area contributed by atoms with E-state index in [1.165, 1.54) is 32.1 Å². The maximum absolute atomic E-state index is 13.6. The fourth-order valence-corrected chi connectivity index (χ4v) is 3.28. The Balaban J connectivity index is 2.18. The molecule has 1 fully saturated rings. The van der Waals surface area contributed by atoms with E-state index in [0.717, 1.165) is 5.56 Å². The summed E-state index contributed by atoms with van der Waals surface area (Å²) in [5, 5.41) is 0. The first-order valence-corrected chi connectivity index (χ1v) is 7.15. The predicted octanol–water partition coefficient (Wildman–Crippen LogP) is 4.35. The lowest BCUT2D eigenvalue weighted by Gasteiger charge is -2.35. The van der Waals surface area contributed by atoms with Crippen molar-refractivity contribution in [1.29, 1.82) is 0 Å². The summed E-state index contributed by atoms with van der Waals surface area (Å²) in [7, 11) is 0. The summed E-state index contributed by atoms with van der Waals surface area (Å²) in [6.07, 6.45) is 6.25. The monoisotopic (exact) mass is 249 g/mol. The molecule has 18 heavy (non-hydrogen) atoms. The number of halogens is 1. The molecule has 1 nitrogen and oxygen atoms in total. The fraction of sp³-hybridized carbons (Fsp3) is 0.625. The Labute approximate surface area is 110 Å². The molecule has 100 valence electrons. The Morgan fingerprint density at radius 2 is 2.06 bits per heavy atom. The van der Waals surface area contributed by atoms with Crippen LogP contribution in [0.25, 0.3) is 0 Å². The van der Waals surface area contributed by atoms with Crippen LogP contribution in [-0.4, -0.2) is 0 Å². The van der Waals surface area contributed by atoms with Crippen LogP contribution in [0.15, 0.2) is 18.2 Å². The van der Waals surface area contributed by atoms with E-state index >= 15 is 0 Å². The minimum Gasteiger partial charge on any atom is -0.324 e. The average molecular weight is 249 g/mol. The highest BCUT2D eigenvalue weighted by molar-refractivity contribution is 5.26. The van der Waals surface area contributed by atoms with Gasteiger partial charge in [0.25, 0.3) is 0 Å². The van der Waals surface area contributed by atoms with Gasteiger partial charge in [0.1, 0.15) is 5.82 Å². The van der Waals surface area contributed by atoms with Crippen molar-refractivity contribution in [2.24, 2.45) is 17.6 Å². The van der Waals surface area contributed by atoms with Gasteiger partial charge in [-0.05, 0) is 42.4 Å². The highest BCUT2D eigenvalue weighted by Gasteiger charge is 2.29. The molecule has 0 spiro atoms. The molecule has 0 radical (unpaired) electrons. The molecule has 0 saturated heterocycles. The third-order valence-electron chi connectivity index (χ3n) is 4.53. The van der Waals surface area contributed by atoms with Gasteiger partial charge in [0.15, 0.2) is 0 Å². The fourth-order valence-electron chi connectivity index (χ4n) is 3.28. The van der Waals surface area contributed by atoms with Crippen LogP contribution in [0, 0.1) is 24.6 Å². The molecule has 0 aromatic heterocycles. The zero-order chi connectivity index (χ0) is 13.1. The maximum atomic E-state index is 13.6. The minimum atomic E-state index is -0.133. The van der Waals surface area contributed by atoms with Gasteiger partial charge >= 0.3 is 0 Å². The van der Waals surface area contributed by atoms with Crippen molar-refractivity contribution in [3.8, 4) is 0 Å². The van der Waals surface area contributed by atoms with E-state index in [9.17, 15) is 4.39 Å². The summed E-state index contributed by atoms with van der Waals surface area (Å²) >= 11 is 0. The number of benzene rings is 1. The average Bonchev–Trinajstić information content (AvgIpc) is 2.41. The Bertz CT molecular complexity index is 402. The summed E-state index contributed by atoms with van der Waals surface area (Å²) in [5.41, 5.74) is 8.05. The van der Waals surface area contributed by atoms with Crippen molar-refractivity contribution >= 4 is 0 Å². The molecule has 0 bridgehead atoms. The molecule has 1 saturated carbocycles. The number of nitrogens with two attached hydrogens (primary N) is 1. The minimum absolute atomic E-state index is 0.00894. The largest absolute Gasteiger partial charge is 0.324 e. The Hall–Kier alpha value is -0.890. The Morgan fingerprint density at radius 3 is 2.72 bits per heavy atom. The van der Waals surface area contributed by atoms with Gasteiger partial charge in [-0.2, -0.15) is 0 Å². The molecule has 1 aromatic rings. The van der Waals surface area contributed by atoms with Gasteiger partial charge in [0.2, 0.25) is 0 Å². The SMILES string of the molecule is CCC1CCCCC1C(N)c1ccc(C)c(F)c1. The zero-order valence-electron chi connectivity index (χ0n) is 11.5. The first kappa shape index (κ1) is 13.5. The van der Waals surface area contributed by atoms with Crippen LogP contribution in [0.2, 0.25) is 0 Å². The van der Waals surface area contributed by atoms with Crippen molar-refractivity contribution in [2.75, 3.05) is 0 Å². The van der Waals surface area contributed by atoms with Gasteiger partial charge in [-0.15, -0.1) is 0 Å². The number of hydrogen-bond donors (Lipinski definition) is 1. The first-order valence-electron chi connectivity index (χ1n) is 7.15. The lowest BCUT2D eigenvalue weighted by atomic mass is 9.72. The molecular weight excluding hydrogens is 225 g/mol. The van der Waals surface area contributed by atoms with Crippen LogP contribution in [0.1, 0.15) is 56.2 Å². The topological polar surface area (TPSA) is 26.0 Å². The number of hydrogen-bond acceptors (Lipinski definition) is 1. The predicted molar refractivity (Wildman–Crippen MR) is 73.8 cm³/mol. The van der Waals surface area contributed by atoms with Crippen LogP contribution in [0.4, 0.5) is 4.39 Å². The van der Waals surface area contributed by atoms with Crippen molar-refractivity contribution in [1.82, 2.24) is 0 Å². The Kier molecular flexibility index (Phi) is 4.39. The van der Waals surface area contributed by atoms with Crippen LogP contribution in [0.3, 0.4) is 0 Å². The summed E-state index contributed by atoms with van der Waals surface area (Å²) in [6, 6.07) is 5.45. The number of rotatable bonds is 3. The third kappa shape index (κ3) is 2.74. The molecule has 3 unspecified atom stereocenters. The molecule has 1 aliphatic rings. The molecule has 2 rings (SSSR count). The quantitative estimate of drug-likeness (QED) is 0.846. The first-order chi connectivity index (χ1) is 8.63. The van der Waals surface area contributed by atoms with E-state index in [1.54, 1.807) is 13.0 Å². The van der Waals surface area contributed by atoms with E-state index in [2.05, 4.69) is 6.92 Å². The lowest BCUT2D eigenvalue weighted by molar-refractivity contribution is 0.196. The van der Waals surface area contributed by atoms with Crippen molar-refractivity contribution in [3.05, 3.63) is 35.1 Å². The van der Waals surface area contributed by atoms with Crippen LogP contribution >= 0.6 is 0 Å². The second-order valence-corrected chi connectivity index (χ2v) is 5.65. The smallest absolute Gasteiger partial charge is 0.126 e. The van der Waals surface area contributed by atoms with E-state index in [-0.39, 0.29) is 11.9 Å². The molecule has 1 aromatic carbocycles. The molecule has 2 N–H and O–H groups in total. The van der Waals surface area contributed by atoms with Gasteiger partial charge in [-0.1, -0.05) is 44.7 Å². The standard InChI is InChI=1S/C16H24FN/c1-3-12-6-4-5-7-14(12)16(18)13-9-8-11(2)15(17)10-13/h8-10,12,14,16H,3-7,18H2,1-2H3. The summed E-state index contributed by atoms with van der Waals surface area (Å²) in [6.45, 7) is 4.03. The van der Waals surface area contributed by atoms with E-state index in [0.29, 0.717) is 17.4 Å². The van der Waals surface area contributed by atoms with Gasteiger partial charge < -0.3 is 5.73 Å².